The molecule has 0 aliphatic rings. The molecule has 2 aromatic carbocycles. The monoisotopic (exact) mass is 486 g/mol. The quantitative estimate of drug-likeness (QED) is 0.260. The zero-order valence-corrected chi connectivity index (χ0v) is 19.9. The number of nitrogens with two attached hydrogens (primary N) is 1. The van der Waals surface area contributed by atoms with Gasteiger partial charge in [0.15, 0.2) is 12.6 Å². The summed E-state index contributed by atoms with van der Waals surface area (Å²) in [6, 6.07) is 19.9. The summed E-state index contributed by atoms with van der Waals surface area (Å²) in [4.78, 5) is 18.0. The van der Waals surface area contributed by atoms with Crippen molar-refractivity contribution < 1.29 is 19.0 Å². The van der Waals surface area contributed by atoms with Gasteiger partial charge in [-0.15, -0.1) is 11.3 Å². The second kappa shape index (κ2) is 10.7. The standard InChI is InChI=1S/C26H22N4O4S/c1-32-15-34-23-9-8-18(33-2)12-20(23)22-13-19(16-5-3-6-17(28)11-16)21(14-27)25(29-22)30-26(31)24-7-4-10-35-24/h3-13H,15,28H2,1-2H3,(H,29,30,31). The first-order valence-corrected chi connectivity index (χ1v) is 11.4. The van der Waals surface area contributed by atoms with Gasteiger partial charge in [-0.25, -0.2) is 4.98 Å². The summed E-state index contributed by atoms with van der Waals surface area (Å²) >= 11 is 1.29. The maximum absolute atomic E-state index is 12.9. The van der Waals surface area contributed by atoms with Gasteiger partial charge in [0.25, 0.3) is 5.91 Å². The van der Waals surface area contributed by atoms with Gasteiger partial charge in [-0.1, -0.05) is 18.2 Å². The Balaban J connectivity index is 1.94. The molecule has 2 heterocycles. The number of hydrogen-bond acceptors (Lipinski definition) is 8. The Morgan fingerprint density at radius 1 is 1.11 bits per heavy atom. The molecule has 0 radical (unpaired) electrons. The van der Waals surface area contributed by atoms with E-state index in [2.05, 4.69) is 16.4 Å². The first kappa shape index (κ1) is 23.8. The number of amides is 1. The fourth-order valence-corrected chi connectivity index (χ4v) is 4.10. The predicted molar refractivity (Wildman–Crippen MR) is 136 cm³/mol. The Hall–Kier alpha value is -4.39. The van der Waals surface area contributed by atoms with Gasteiger partial charge in [-0.05, 0) is 53.4 Å². The SMILES string of the molecule is COCOc1ccc(OC)cc1-c1cc(-c2cccc(N)c2)c(C#N)c(NC(=O)c2cccs2)n1. The molecule has 0 saturated carbocycles. The maximum atomic E-state index is 12.9. The predicted octanol–water partition coefficient (Wildman–Crippen LogP) is 5.17. The number of pyridine rings is 1. The Bertz CT molecular complexity index is 1400. The van der Waals surface area contributed by atoms with Crippen LogP contribution in [0.3, 0.4) is 0 Å². The zero-order valence-electron chi connectivity index (χ0n) is 19.1. The number of carbonyl (C=O) groups is 1. The fourth-order valence-electron chi connectivity index (χ4n) is 3.48. The van der Waals surface area contributed by atoms with E-state index in [1.165, 1.54) is 18.4 Å². The number of hydrogen-bond donors (Lipinski definition) is 2. The topological polar surface area (TPSA) is 119 Å². The van der Waals surface area contributed by atoms with Crippen molar-refractivity contribution in [3.8, 4) is 40.0 Å². The number of aromatic nitrogens is 1. The van der Waals surface area contributed by atoms with Crippen LogP contribution in [0.25, 0.3) is 22.4 Å². The van der Waals surface area contributed by atoms with E-state index in [-0.39, 0.29) is 24.1 Å². The van der Waals surface area contributed by atoms with E-state index in [0.29, 0.717) is 44.4 Å². The molecule has 0 unspecified atom stereocenters. The maximum Gasteiger partial charge on any atom is 0.266 e. The molecule has 1 amide bonds. The van der Waals surface area contributed by atoms with Gasteiger partial charge in [0.1, 0.15) is 23.1 Å². The number of nitrogen functional groups attached to an aromatic ring is 1. The Morgan fingerprint density at radius 2 is 1.97 bits per heavy atom. The number of carbonyl (C=O) groups excluding carboxylic acids is 1. The van der Waals surface area contributed by atoms with Crippen molar-refractivity contribution in [3.63, 3.8) is 0 Å². The fraction of sp³-hybridized carbons (Fsp3) is 0.115. The summed E-state index contributed by atoms with van der Waals surface area (Å²) in [5.41, 5.74) is 9.11. The third-order valence-electron chi connectivity index (χ3n) is 5.10. The number of benzene rings is 2. The van der Waals surface area contributed by atoms with E-state index in [9.17, 15) is 10.1 Å². The molecule has 2 aromatic heterocycles. The van der Waals surface area contributed by atoms with Crippen molar-refractivity contribution >= 4 is 28.7 Å². The van der Waals surface area contributed by atoms with Crippen molar-refractivity contribution in [3.05, 3.63) is 76.5 Å². The van der Waals surface area contributed by atoms with Gasteiger partial charge in [-0.3, -0.25) is 4.79 Å². The van der Waals surface area contributed by atoms with Crippen LogP contribution in [-0.4, -0.2) is 31.9 Å². The molecule has 4 aromatic rings. The van der Waals surface area contributed by atoms with Crippen molar-refractivity contribution in [1.29, 1.82) is 5.26 Å². The number of nitriles is 1. The van der Waals surface area contributed by atoms with Crippen molar-refractivity contribution in [2.45, 2.75) is 0 Å². The normalized spacial score (nSPS) is 10.4. The smallest absolute Gasteiger partial charge is 0.266 e. The summed E-state index contributed by atoms with van der Waals surface area (Å²) < 4.78 is 16.2. The minimum Gasteiger partial charge on any atom is -0.497 e. The number of thiophene rings is 1. The van der Waals surface area contributed by atoms with Crippen LogP contribution in [0.4, 0.5) is 11.5 Å². The molecule has 176 valence electrons. The lowest BCUT2D eigenvalue weighted by molar-refractivity contribution is 0.0515. The Labute approximate surface area is 206 Å². The highest BCUT2D eigenvalue weighted by Gasteiger charge is 2.20. The van der Waals surface area contributed by atoms with Gasteiger partial charge >= 0.3 is 0 Å². The van der Waals surface area contributed by atoms with Crippen LogP contribution in [0.2, 0.25) is 0 Å². The number of nitrogens with zero attached hydrogens (tertiary/aromatic N) is 2. The molecule has 8 nitrogen and oxygen atoms in total. The average Bonchev–Trinajstić information content (AvgIpc) is 3.42. The number of nitrogens with one attached hydrogen (secondary N) is 1. The van der Waals surface area contributed by atoms with Crippen LogP contribution in [0.5, 0.6) is 11.5 Å². The molecule has 9 heteroatoms. The van der Waals surface area contributed by atoms with Gasteiger partial charge in [-0.2, -0.15) is 5.26 Å². The Morgan fingerprint density at radius 3 is 2.66 bits per heavy atom. The van der Waals surface area contributed by atoms with Crippen LogP contribution in [0, 0.1) is 11.3 Å². The molecule has 0 bridgehead atoms. The molecular formula is C26H22N4O4S. The lowest BCUT2D eigenvalue weighted by Gasteiger charge is -2.16. The highest BCUT2D eigenvalue weighted by atomic mass is 32.1. The van der Waals surface area contributed by atoms with E-state index in [1.54, 1.807) is 67.1 Å². The summed E-state index contributed by atoms with van der Waals surface area (Å²) in [6.07, 6.45) is 0. The molecule has 0 atom stereocenters. The number of ether oxygens (including phenoxy) is 3. The molecule has 3 N–H and O–H groups in total. The highest BCUT2D eigenvalue weighted by Crippen LogP contribution is 2.38. The lowest BCUT2D eigenvalue weighted by Crippen LogP contribution is -2.14. The van der Waals surface area contributed by atoms with Gasteiger partial charge in [0, 0.05) is 23.9 Å². The minimum absolute atomic E-state index is 0.0274. The van der Waals surface area contributed by atoms with E-state index in [4.69, 9.17) is 19.9 Å². The molecule has 4 rings (SSSR count). The van der Waals surface area contributed by atoms with Gasteiger partial charge in [0.05, 0.1) is 17.7 Å². The number of rotatable bonds is 8. The molecule has 0 spiro atoms. The summed E-state index contributed by atoms with van der Waals surface area (Å²) in [5.74, 6) is 0.854. The van der Waals surface area contributed by atoms with Crippen LogP contribution < -0.4 is 20.5 Å². The van der Waals surface area contributed by atoms with Crippen molar-refractivity contribution in [2.75, 3.05) is 32.1 Å². The third kappa shape index (κ3) is 5.24. The van der Waals surface area contributed by atoms with E-state index < -0.39 is 0 Å². The minimum atomic E-state index is -0.360. The van der Waals surface area contributed by atoms with Crippen LogP contribution in [-0.2, 0) is 4.74 Å². The largest absolute Gasteiger partial charge is 0.497 e. The van der Waals surface area contributed by atoms with Crippen molar-refractivity contribution in [1.82, 2.24) is 4.98 Å². The van der Waals surface area contributed by atoms with E-state index in [1.807, 2.05) is 6.07 Å². The van der Waals surface area contributed by atoms with Crippen LogP contribution >= 0.6 is 11.3 Å². The van der Waals surface area contributed by atoms with Gasteiger partial charge in [0.2, 0.25) is 0 Å². The molecule has 0 aliphatic carbocycles. The zero-order chi connectivity index (χ0) is 24.8. The molecule has 0 aliphatic heterocycles. The van der Waals surface area contributed by atoms with Crippen LogP contribution in [0.1, 0.15) is 15.2 Å². The third-order valence-corrected chi connectivity index (χ3v) is 5.97. The molecule has 35 heavy (non-hydrogen) atoms. The Kier molecular flexibility index (Phi) is 7.26. The van der Waals surface area contributed by atoms with Crippen molar-refractivity contribution in [2.24, 2.45) is 0 Å². The summed E-state index contributed by atoms with van der Waals surface area (Å²) in [6.45, 7) is 0.0274. The van der Waals surface area contributed by atoms with Crippen LogP contribution in [0.15, 0.2) is 66.0 Å². The molecule has 0 saturated heterocycles. The highest BCUT2D eigenvalue weighted by molar-refractivity contribution is 7.12. The first-order valence-electron chi connectivity index (χ1n) is 10.5. The second-order valence-corrected chi connectivity index (χ2v) is 8.31. The lowest BCUT2D eigenvalue weighted by atomic mass is 9.97. The molecule has 0 fully saturated rings. The number of anilines is 2. The average molecular weight is 487 g/mol. The van der Waals surface area contributed by atoms with E-state index in [0.717, 1.165) is 0 Å². The van der Waals surface area contributed by atoms with E-state index >= 15 is 0 Å². The molecular weight excluding hydrogens is 464 g/mol. The second-order valence-electron chi connectivity index (χ2n) is 7.36. The number of methoxy groups -OCH3 is 2. The van der Waals surface area contributed by atoms with Gasteiger partial charge < -0.3 is 25.3 Å². The summed E-state index contributed by atoms with van der Waals surface area (Å²) in [5, 5.41) is 14.7. The summed E-state index contributed by atoms with van der Waals surface area (Å²) in [7, 11) is 3.09. The first-order chi connectivity index (χ1) is 17.0.